The van der Waals surface area contributed by atoms with Gasteiger partial charge in [0.1, 0.15) is 24.2 Å². The van der Waals surface area contributed by atoms with E-state index in [4.69, 9.17) is 4.74 Å². The number of aryl methyl sites for hydroxylation is 1. The quantitative estimate of drug-likeness (QED) is 0.299. The second-order valence-corrected chi connectivity index (χ2v) is 10.1. The summed E-state index contributed by atoms with van der Waals surface area (Å²) >= 11 is 0. The molecule has 3 aromatic carbocycles. The van der Waals surface area contributed by atoms with Crippen LogP contribution in [0.3, 0.4) is 0 Å². The first kappa shape index (κ1) is 27.9. The molecule has 2 amide bonds. The summed E-state index contributed by atoms with van der Waals surface area (Å²) in [6.07, 6.45) is 4.79. The van der Waals surface area contributed by atoms with Crippen LogP contribution in [0.5, 0.6) is 5.75 Å². The summed E-state index contributed by atoms with van der Waals surface area (Å²) in [7, 11) is 1.58. The zero-order valence-electron chi connectivity index (χ0n) is 23.2. The van der Waals surface area contributed by atoms with E-state index in [2.05, 4.69) is 27.7 Å². The first-order valence-corrected chi connectivity index (χ1v) is 13.8. The monoisotopic (exact) mass is 556 g/mol. The van der Waals surface area contributed by atoms with Crippen LogP contribution in [0.15, 0.2) is 72.8 Å². The molecule has 0 unspecified atom stereocenters. The van der Waals surface area contributed by atoms with Crippen LogP contribution in [0.4, 0.5) is 10.1 Å². The van der Waals surface area contributed by atoms with Gasteiger partial charge in [0.25, 0.3) is 5.91 Å². The van der Waals surface area contributed by atoms with Crippen LogP contribution < -0.4 is 15.0 Å². The van der Waals surface area contributed by atoms with Gasteiger partial charge in [-0.1, -0.05) is 44.0 Å². The number of nitrogens with zero attached hydrogens (tertiary/aromatic N) is 5. The topological polar surface area (TPSA) is 102 Å². The highest BCUT2D eigenvalue weighted by atomic mass is 19.1. The number of benzene rings is 3. The number of hydrogen-bond acceptors (Lipinski definition) is 6. The second-order valence-electron chi connectivity index (χ2n) is 10.1. The molecule has 1 aliphatic carbocycles. The first-order valence-electron chi connectivity index (χ1n) is 13.8. The molecule has 0 saturated heterocycles. The van der Waals surface area contributed by atoms with E-state index in [9.17, 15) is 14.0 Å². The maximum absolute atomic E-state index is 14.1. The summed E-state index contributed by atoms with van der Waals surface area (Å²) in [4.78, 5) is 30.7. The van der Waals surface area contributed by atoms with E-state index in [-0.39, 0.29) is 36.0 Å². The lowest BCUT2D eigenvalue weighted by Gasteiger charge is -2.32. The molecule has 9 nitrogen and oxygen atoms in total. The molecule has 0 bridgehead atoms. The Morgan fingerprint density at radius 1 is 1.02 bits per heavy atom. The van der Waals surface area contributed by atoms with Gasteiger partial charge in [-0.2, -0.15) is 4.80 Å². The summed E-state index contributed by atoms with van der Waals surface area (Å²) in [5.41, 5.74) is 2.91. The number of ether oxygens (including phenoxy) is 1. The van der Waals surface area contributed by atoms with E-state index in [0.29, 0.717) is 22.6 Å². The van der Waals surface area contributed by atoms with Crippen LogP contribution in [0.2, 0.25) is 0 Å². The first-order chi connectivity index (χ1) is 19.9. The Hall–Kier alpha value is -4.60. The fraction of sp³-hybridized carbons (Fsp3) is 0.323. The lowest BCUT2D eigenvalue weighted by Crippen LogP contribution is -2.47. The molecule has 10 heteroatoms. The molecular weight excluding hydrogens is 523 g/mol. The summed E-state index contributed by atoms with van der Waals surface area (Å²) in [5, 5.41) is 15.6. The standard InChI is InChI=1S/C31H33FN6O3/c1-3-21-8-16-26(17-9-21)38(28(39)20-37-35-30(34-36-37)23-10-14-24(32)15-11-23)29(22-12-18-27(41-2)19-13-22)31(40)33-25-6-4-5-7-25/h8-19,25,29H,3-7,20H2,1-2H3,(H,33,40)/t29-/m1/s1. The van der Waals surface area contributed by atoms with Gasteiger partial charge in [-0.25, -0.2) is 4.39 Å². The fourth-order valence-electron chi connectivity index (χ4n) is 5.11. The van der Waals surface area contributed by atoms with E-state index in [1.165, 1.54) is 21.8 Å². The lowest BCUT2D eigenvalue weighted by molar-refractivity contribution is -0.127. The Balaban J connectivity index is 1.51. The summed E-state index contributed by atoms with van der Waals surface area (Å²) in [6.45, 7) is 1.80. The van der Waals surface area contributed by atoms with E-state index in [0.717, 1.165) is 37.7 Å². The SMILES string of the molecule is CCc1ccc(N(C(=O)Cn2nnc(-c3ccc(F)cc3)n2)[C@@H](C(=O)NC2CCCC2)c2ccc(OC)cc2)cc1. The second kappa shape index (κ2) is 12.7. The predicted molar refractivity (Wildman–Crippen MR) is 153 cm³/mol. The van der Waals surface area contributed by atoms with Gasteiger partial charge in [-0.15, -0.1) is 10.2 Å². The third kappa shape index (κ3) is 6.59. The van der Waals surface area contributed by atoms with Gasteiger partial charge in [0.2, 0.25) is 11.7 Å². The van der Waals surface area contributed by atoms with Gasteiger partial charge in [0, 0.05) is 17.3 Å². The van der Waals surface area contributed by atoms with Crippen molar-refractivity contribution in [2.75, 3.05) is 12.0 Å². The largest absolute Gasteiger partial charge is 0.497 e. The van der Waals surface area contributed by atoms with Crippen LogP contribution in [0, 0.1) is 5.82 Å². The molecule has 1 fully saturated rings. The smallest absolute Gasteiger partial charge is 0.251 e. The van der Waals surface area contributed by atoms with Gasteiger partial charge in [-0.3, -0.25) is 14.5 Å². The number of hydrogen-bond donors (Lipinski definition) is 1. The number of halogens is 1. The van der Waals surface area contributed by atoms with Crippen molar-refractivity contribution >= 4 is 17.5 Å². The third-order valence-corrected chi connectivity index (χ3v) is 7.36. The molecule has 0 aliphatic heterocycles. The van der Waals surface area contributed by atoms with Crippen LogP contribution in [0.1, 0.15) is 49.8 Å². The van der Waals surface area contributed by atoms with Crippen molar-refractivity contribution in [1.82, 2.24) is 25.5 Å². The highest BCUT2D eigenvalue weighted by Crippen LogP contribution is 2.31. The molecule has 1 saturated carbocycles. The Morgan fingerprint density at radius 3 is 2.34 bits per heavy atom. The Morgan fingerprint density at radius 2 is 1.71 bits per heavy atom. The molecule has 0 spiro atoms. The van der Waals surface area contributed by atoms with Crippen molar-refractivity contribution in [3.8, 4) is 17.1 Å². The Labute approximate surface area is 238 Å². The van der Waals surface area contributed by atoms with Crippen molar-refractivity contribution in [3.05, 3.63) is 89.7 Å². The van der Waals surface area contributed by atoms with Crippen molar-refractivity contribution in [2.24, 2.45) is 0 Å². The molecule has 5 rings (SSSR count). The molecule has 1 aliphatic rings. The number of anilines is 1. The van der Waals surface area contributed by atoms with Crippen molar-refractivity contribution in [1.29, 1.82) is 0 Å². The maximum Gasteiger partial charge on any atom is 0.251 e. The molecule has 1 atom stereocenters. The molecule has 1 aromatic heterocycles. The minimum Gasteiger partial charge on any atom is -0.497 e. The molecule has 1 heterocycles. The van der Waals surface area contributed by atoms with E-state index >= 15 is 0 Å². The Bertz CT molecular complexity index is 1470. The number of aromatic nitrogens is 4. The zero-order chi connectivity index (χ0) is 28.8. The number of tetrazole rings is 1. The van der Waals surface area contributed by atoms with Crippen LogP contribution in [-0.2, 0) is 22.6 Å². The number of carbonyl (C=O) groups is 2. The van der Waals surface area contributed by atoms with Gasteiger partial charge >= 0.3 is 0 Å². The molecule has 212 valence electrons. The molecule has 0 radical (unpaired) electrons. The van der Waals surface area contributed by atoms with E-state index in [1.807, 2.05) is 24.3 Å². The summed E-state index contributed by atoms with van der Waals surface area (Å²) < 4.78 is 18.7. The zero-order valence-corrected chi connectivity index (χ0v) is 23.2. The minimum atomic E-state index is -0.943. The normalized spacial score (nSPS) is 14.0. The highest BCUT2D eigenvalue weighted by molar-refractivity contribution is 6.01. The van der Waals surface area contributed by atoms with Crippen molar-refractivity contribution in [3.63, 3.8) is 0 Å². The third-order valence-electron chi connectivity index (χ3n) is 7.36. The fourth-order valence-corrected chi connectivity index (χ4v) is 5.11. The van der Waals surface area contributed by atoms with Crippen LogP contribution in [0.25, 0.3) is 11.4 Å². The summed E-state index contributed by atoms with van der Waals surface area (Å²) in [5.74, 6) is -0.105. The number of rotatable bonds is 10. The number of nitrogens with one attached hydrogen (secondary N) is 1. The maximum atomic E-state index is 14.1. The van der Waals surface area contributed by atoms with Crippen molar-refractivity contribution in [2.45, 2.75) is 57.7 Å². The van der Waals surface area contributed by atoms with Crippen LogP contribution >= 0.6 is 0 Å². The van der Waals surface area contributed by atoms with E-state index in [1.54, 1.807) is 43.5 Å². The van der Waals surface area contributed by atoms with Gasteiger partial charge in [0.15, 0.2) is 0 Å². The van der Waals surface area contributed by atoms with Gasteiger partial charge in [-0.05, 0) is 84.1 Å². The Kier molecular flexibility index (Phi) is 8.67. The minimum absolute atomic E-state index is 0.0675. The summed E-state index contributed by atoms with van der Waals surface area (Å²) in [6, 6.07) is 19.6. The molecule has 41 heavy (non-hydrogen) atoms. The average molecular weight is 557 g/mol. The number of methoxy groups -OCH3 is 1. The number of carbonyl (C=O) groups excluding carboxylic acids is 2. The van der Waals surface area contributed by atoms with Gasteiger partial charge in [0.05, 0.1) is 7.11 Å². The van der Waals surface area contributed by atoms with Gasteiger partial charge < -0.3 is 10.1 Å². The van der Waals surface area contributed by atoms with Crippen LogP contribution in [-0.4, -0.2) is 45.2 Å². The molecular formula is C31H33FN6O3. The van der Waals surface area contributed by atoms with Crippen molar-refractivity contribution < 1.29 is 18.7 Å². The highest BCUT2D eigenvalue weighted by Gasteiger charge is 2.34. The number of amides is 2. The van der Waals surface area contributed by atoms with E-state index < -0.39 is 6.04 Å². The molecule has 1 N–H and O–H groups in total. The average Bonchev–Trinajstić information content (AvgIpc) is 3.69. The molecule has 4 aromatic rings. The lowest BCUT2D eigenvalue weighted by atomic mass is 10.0. The predicted octanol–water partition coefficient (Wildman–Crippen LogP) is 4.88.